The summed E-state index contributed by atoms with van der Waals surface area (Å²) >= 11 is 0. The minimum absolute atomic E-state index is 0.638. The van der Waals surface area contributed by atoms with Crippen molar-refractivity contribution in [2.45, 2.75) is 46.1 Å². The van der Waals surface area contributed by atoms with E-state index in [4.69, 9.17) is 5.73 Å². The number of hydrogen-bond acceptors (Lipinski definition) is 2. The van der Waals surface area contributed by atoms with Crippen molar-refractivity contribution in [3.63, 3.8) is 0 Å². The Morgan fingerprint density at radius 3 is 2.78 bits per heavy atom. The maximum atomic E-state index is 5.69. The molecular formula is C16H26N2. The highest BCUT2D eigenvalue weighted by Crippen LogP contribution is 2.27. The summed E-state index contributed by atoms with van der Waals surface area (Å²) in [5, 5.41) is 0. The number of anilines is 1. The van der Waals surface area contributed by atoms with Crippen LogP contribution in [0.4, 0.5) is 5.69 Å². The fourth-order valence-corrected chi connectivity index (χ4v) is 3.01. The smallest absolute Gasteiger partial charge is 0.0396 e. The van der Waals surface area contributed by atoms with Crippen LogP contribution in [-0.4, -0.2) is 13.1 Å². The Morgan fingerprint density at radius 2 is 2.11 bits per heavy atom. The summed E-state index contributed by atoms with van der Waals surface area (Å²) in [4.78, 5) is 2.56. The first kappa shape index (κ1) is 13.4. The molecular weight excluding hydrogens is 220 g/mol. The summed E-state index contributed by atoms with van der Waals surface area (Å²) in [7, 11) is 0. The number of rotatable bonds is 3. The quantitative estimate of drug-likeness (QED) is 0.885. The second-order valence-corrected chi connectivity index (χ2v) is 5.52. The summed E-state index contributed by atoms with van der Waals surface area (Å²) in [6, 6.07) is 6.66. The predicted molar refractivity (Wildman–Crippen MR) is 78.9 cm³/mol. The number of nitrogens with zero attached hydrogens (tertiary/aromatic N) is 1. The van der Waals surface area contributed by atoms with Crippen LogP contribution in [0.3, 0.4) is 0 Å². The Hall–Kier alpha value is -1.02. The molecule has 2 heteroatoms. The van der Waals surface area contributed by atoms with Gasteiger partial charge >= 0.3 is 0 Å². The van der Waals surface area contributed by atoms with E-state index in [0.29, 0.717) is 6.54 Å². The molecule has 0 radical (unpaired) electrons. The zero-order valence-electron chi connectivity index (χ0n) is 11.8. The van der Waals surface area contributed by atoms with E-state index in [1.807, 2.05) is 0 Å². The second-order valence-electron chi connectivity index (χ2n) is 5.52. The average molecular weight is 246 g/mol. The molecule has 1 atom stereocenters. The number of hydrogen-bond donors (Lipinski definition) is 1. The van der Waals surface area contributed by atoms with Gasteiger partial charge in [-0.25, -0.2) is 0 Å². The van der Waals surface area contributed by atoms with Gasteiger partial charge in [0.2, 0.25) is 0 Å². The van der Waals surface area contributed by atoms with Gasteiger partial charge in [-0.2, -0.15) is 0 Å². The molecule has 1 aliphatic rings. The van der Waals surface area contributed by atoms with E-state index < -0.39 is 0 Å². The largest absolute Gasteiger partial charge is 0.371 e. The lowest BCUT2D eigenvalue weighted by molar-refractivity contribution is 0.459. The van der Waals surface area contributed by atoms with Crippen LogP contribution in [-0.2, 0) is 6.54 Å². The van der Waals surface area contributed by atoms with E-state index in [-0.39, 0.29) is 0 Å². The van der Waals surface area contributed by atoms with E-state index in [2.05, 4.69) is 36.9 Å². The topological polar surface area (TPSA) is 29.3 Å². The third kappa shape index (κ3) is 3.05. The average Bonchev–Trinajstić information content (AvgIpc) is 2.63. The van der Waals surface area contributed by atoms with Crippen LogP contribution in [0.5, 0.6) is 0 Å². The Bertz CT molecular complexity index is 387. The van der Waals surface area contributed by atoms with Crippen molar-refractivity contribution < 1.29 is 0 Å². The molecule has 100 valence electrons. The Labute approximate surface area is 111 Å². The second kappa shape index (κ2) is 6.24. The molecule has 0 aliphatic carbocycles. The van der Waals surface area contributed by atoms with Crippen LogP contribution < -0.4 is 10.6 Å². The van der Waals surface area contributed by atoms with Crippen molar-refractivity contribution >= 4 is 5.69 Å². The lowest BCUT2D eigenvalue weighted by Gasteiger charge is -2.25. The normalized spacial score (nSPS) is 20.8. The Morgan fingerprint density at radius 1 is 1.28 bits per heavy atom. The lowest BCUT2D eigenvalue weighted by Crippen LogP contribution is -2.25. The van der Waals surface area contributed by atoms with Crippen LogP contribution in [0.15, 0.2) is 18.2 Å². The number of nitrogens with two attached hydrogens (primary N) is 1. The van der Waals surface area contributed by atoms with E-state index >= 15 is 0 Å². The lowest BCUT2D eigenvalue weighted by atomic mass is 9.98. The van der Waals surface area contributed by atoms with Crippen molar-refractivity contribution in [2.24, 2.45) is 11.7 Å². The van der Waals surface area contributed by atoms with Crippen molar-refractivity contribution in [1.82, 2.24) is 0 Å². The zero-order chi connectivity index (χ0) is 13.0. The maximum Gasteiger partial charge on any atom is 0.0396 e. The first-order chi connectivity index (χ1) is 8.74. The third-order valence-electron chi connectivity index (χ3n) is 4.26. The molecule has 18 heavy (non-hydrogen) atoms. The summed E-state index contributed by atoms with van der Waals surface area (Å²) in [6.45, 7) is 7.58. The van der Waals surface area contributed by atoms with Crippen LogP contribution >= 0.6 is 0 Å². The summed E-state index contributed by atoms with van der Waals surface area (Å²) in [5.41, 5.74) is 9.70. The van der Waals surface area contributed by atoms with Gasteiger partial charge in [0, 0.05) is 25.3 Å². The van der Waals surface area contributed by atoms with E-state index in [1.165, 1.54) is 55.6 Å². The molecule has 2 N–H and O–H groups in total. The molecule has 1 aliphatic heterocycles. The molecule has 1 aromatic carbocycles. The van der Waals surface area contributed by atoms with E-state index in [1.54, 1.807) is 0 Å². The van der Waals surface area contributed by atoms with E-state index in [9.17, 15) is 0 Å². The van der Waals surface area contributed by atoms with Crippen molar-refractivity contribution in [1.29, 1.82) is 0 Å². The molecule has 1 fully saturated rings. The van der Waals surface area contributed by atoms with Crippen LogP contribution in [0.1, 0.15) is 43.7 Å². The highest BCUT2D eigenvalue weighted by atomic mass is 15.1. The van der Waals surface area contributed by atoms with Gasteiger partial charge in [-0.3, -0.25) is 0 Å². The standard InChI is InChI=1S/C16H26N2/c1-3-14-5-4-9-18(10-8-14)16-7-6-15(12-17)11-13(16)2/h6-7,11,14H,3-5,8-10,12,17H2,1-2H3. The highest BCUT2D eigenvalue weighted by molar-refractivity contribution is 5.54. The molecule has 1 heterocycles. The van der Waals surface area contributed by atoms with Gasteiger partial charge in [0.1, 0.15) is 0 Å². The zero-order valence-corrected chi connectivity index (χ0v) is 11.8. The van der Waals surface area contributed by atoms with Gasteiger partial charge in [-0.1, -0.05) is 25.5 Å². The van der Waals surface area contributed by atoms with Crippen LogP contribution in [0.2, 0.25) is 0 Å². The Kier molecular flexibility index (Phi) is 4.65. The van der Waals surface area contributed by atoms with Crippen molar-refractivity contribution in [2.75, 3.05) is 18.0 Å². The van der Waals surface area contributed by atoms with Crippen LogP contribution in [0, 0.1) is 12.8 Å². The van der Waals surface area contributed by atoms with Gasteiger partial charge in [0.05, 0.1) is 0 Å². The third-order valence-corrected chi connectivity index (χ3v) is 4.26. The van der Waals surface area contributed by atoms with Gasteiger partial charge < -0.3 is 10.6 Å². The summed E-state index contributed by atoms with van der Waals surface area (Å²) < 4.78 is 0. The van der Waals surface area contributed by atoms with Crippen molar-refractivity contribution in [3.8, 4) is 0 Å². The molecule has 1 unspecified atom stereocenters. The van der Waals surface area contributed by atoms with Gasteiger partial charge in [-0.05, 0) is 49.3 Å². The Balaban J connectivity index is 2.11. The fraction of sp³-hybridized carbons (Fsp3) is 0.625. The number of aryl methyl sites for hydroxylation is 1. The number of benzene rings is 1. The summed E-state index contributed by atoms with van der Waals surface area (Å²) in [6.07, 6.45) is 5.40. The molecule has 0 aromatic heterocycles. The molecule has 0 spiro atoms. The monoisotopic (exact) mass is 246 g/mol. The first-order valence-electron chi connectivity index (χ1n) is 7.29. The molecule has 2 rings (SSSR count). The van der Waals surface area contributed by atoms with E-state index in [0.717, 1.165) is 5.92 Å². The van der Waals surface area contributed by atoms with Crippen molar-refractivity contribution in [3.05, 3.63) is 29.3 Å². The fourth-order valence-electron chi connectivity index (χ4n) is 3.01. The molecule has 0 bridgehead atoms. The van der Waals surface area contributed by atoms with Gasteiger partial charge in [0.15, 0.2) is 0 Å². The van der Waals surface area contributed by atoms with Gasteiger partial charge in [0.25, 0.3) is 0 Å². The molecule has 1 saturated heterocycles. The molecule has 0 amide bonds. The first-order valence-corrected chi connectivity index (χ1v) is 7.29. The predicted octanol–water partition coefficient (Wildman–Crippen LogP) is 3.47. The molecule has 2 nitrogen and oxygen atoms in total. The SMILES string of the molecule is CCC1CCCN(c2ccc(CN)cc2C)CC1. The maximum absolute atomic E-state index is 5.69. The van der Waals surface area contributed by atoms with Crippen LogP contribution in [0.25, 0.3) is 0 Å². The highest BCUT2D eigenvalue weighted by Gasteiger charge is 2.17. The van der Waals surface area contributed by atoms with Gasteiger partial charge in [-0.15, -0.1) is 0 Å². The summed E-state index contributed by atoms with van der Waals surface area (Å²) in [5.74, 6) is 0.929. The minimum atomic E-state index is 0.638. The minimum Gasteiger partial charge on any atom is -0.371 e. The molecule has 0 saturated carbocycles. The molecule has 1 aromatic rings.